The van der Waals surface area contributed by atoms with Crippen LogP contribution in [-0.2, 0) is 14.6 Å². The monoisotopic (exact) mass is 405 g/mol. The highest BCUT2D eigenvalue weighted by molar-refractivity contribution is 7.91. The highest BCUT2D eigenvalue weighted by Crippen LogP contribution is 2.29. The number of amides is 1. The molecule has 0 saturated carbocycles. The average Bonchev–Trinajstić information content (AvgIpc) is 3.01. The Morgan fingerprint density at radius 1 is 1.22 bits per heavy atom. The van der Waals surface area contributed by atoms with Gasteiger partial charge >= 0.3 is 0 Å². The summed E-state index contributed by atoms with van der Waals surface area (Å²) < 4.78 is 25.1. The molecule has 1 N–H and O–H groups in total. The van der Waals surface area contributed by atoms with E-state index in [2.05, 4.69) is 10.3 Å². The third-order valence-corrected chi connectivity index (χ3v) is 6.47. The second kappa shape index (κ2) is 7.41. The molecule has 0 aliphatic carbocycles. The van der Waals surface area contributed by atoms with Crippen molar-refractivity contribution >= 4 is 48.1 Å². The summed E-state index contributed by atoms with van der Waals surface area (Å²) in [5, 5.41) is 13.6. The van der Waals surface area contributed by atoms with Gasteiger partial charge in [-0.25, -0.2) is 13.4 Å². The minimum Gasteiger partial charge on any atom is -0.302 e. The number of anilines is 1. The van der Waals surface area contributed by atoms with Crippen molar-refractivity contribution in [2.75, 3.05) is 11.1 Å². The second-order valence-electron chi connectivity index (χ2n) is 5.86. The number of fused-ring (bicyclic) bond motifs is 1. The van der Waals surface area contributed by atoms with E-state index in [0.29, 0.717) is 10.2 Å². The van der Waals surface area contributed by atoms with Gasteiger partial charge in [-0.2, -0.15) is 0 Å². The standard InChI is InChI=1S/C17H15N3O5S2/c1-11-2-5-13(6-3-11)27(24,25)9-8-16(21)19-17-18-14-7-4-12(20(22)23)10-15(14)26-17/h2-7,10H,8-9H2,1H3,(H,18,19,21). The van der Waals surface area contributed by atoms with Gasteiger partial charge in [0.1, 0.15) is 0 Å². The van der Waals surface area contributed by atoms with Crippen molar-refractivity contribution in [2.24, 2.45) is 0 Å². The van der Waals surface area contributed by atoms with E-state index in [1.54, 1.807) is 12.1 Å². The number of nitrogens with zero attached hydrogens (tertiary/aromatic N) is 2. The maximum atomic E-state index is 12.3. The number of benzene rings is 2. The summed E-state index contributed by atoms with van der Waals surface area (Å²) in [5.41, 5.74) is 1.41. The molecule has 0 aliphatic heterocycles. The third kappa shape index (κ3) is 4.47. The van der Waals surface area contributed by atoms with Crippen LogP contribution in [0.15, 0.2) is 47.4 Å². The number of rotatable bonds is 6. The number of hydrogen-bond donors (Lipinski definition) is 1. The zero-order valence-electron chi connectivity index (χ0n) is 14.2. The Morgan fingerprint density at radius 3 is 2.59 bits per heavy atom. The first-order valence-electron chi connectivity index (χ1n) is 7.89. The molecule has 1 heterocycles. The van der Waals surface area contributed by atoms with Gasteiger partial charge in [-0.15, -0.1) is 0 Å². The van der Waals surface area contributed by atoms with Crippen molar-refractivity contribution < 1.29 is 18.1 Å². The fourth-order valence-electron chi connectivity index (χ4n) is 2.35. The van der Waals surface area contributed by atoms with E-state index >= 15 is 0 Å². The van der Waals surface area contributed by atoms with Crippen LogP contribution in [0.2, 0.25) is 0 Å². The third-order valence-electron chi connectivity index (χ3n) is 3.81. The fraction of sp³-hybridized carbons (Fsp3) is 0.176. The van der Waals surface area contributed by atoms with Crippen molar-refractivity contribution in [3.8, 4) is 0 Å². The maximum Gasteiger partial charge on any atom is 0.270 e. The van der Waals surface area contributed by atoms with E-state index in [9.17, 15) is 23.3 Å². The van der Waals surface area contributed by atoms with Crippen molar-refractivity contribution in [1.82, 2.24) is 4.98 Å². The average molecular weight is 405 g/mol. The molecule has 3 rings (SSSR count). The van der Waals surface area contributed by atoms with Gasteiger partial charge in [0.05, 0.1) is 25.8 Å². The van der Waals surface area contributed by atoms with E-state index in [1.165, 1.54) is 30.3 Å². The first kappa shape index (κ1) is 18.9. The smallest absolute Gasteiger partial charge is 0.270 e. The van der Waals surface area contributed by atoms with E-state index in [-0.39, 0.29) is 27.9 Å². The van der Waals surface area contributed by atoms with Gasteiger partial charge < -0.3 is 5.32 Å². The molecule has 0 aliphatic rings. The number of nitro groups is 1. The molecule has 0 spiro atoms. The summed E-state index contributed by atoms with van der Waals surface area (Å²) in [6, 6.07) is 10.7. The fourth-order valence-corrected chi connectivity index (χ4v) is 4.51. The molecule has 0 atom stereocenters. The van der Waals surface area contributed by atoms with Crippen LogP contribution in [0, 0.1) is 17.0 Å². The van der Waals surface area contributed by atoms with Crippen LogP contribution in [0.3, 0.4) is 0 Å². The SMILES string of the molecule is Cc1ccc(S(=O)(=O)CCC(=O)Nc2nc3ccc([N+](=O)[O-])cc3s2)cc1. The van der Waals surface area contributed by atoms with Crippen molar-refractivity contribution in [1.29, 1.82) is 0 Å². The predicted octanol–water partition coefficient (Wildman–Crippen LogP) is 3.32. The second-order valence-corrected chi connectivity index (χ2v) is 9.00. The molecule has 3 aromatic rings. The van der Waals surface area contributed by atoms with Gasteiger partial charge in [-0.3, -0.25) is 14.9 Å². The van der Waals surface area contributed by atoms with Gasteiger partial charge in [0, 0.05) is 18.6 Å². The maximum absolute atomic E-state index is 12.3. The Morgan fingerprint density at radius 2 is 1.93 bits per heavy atom. The number of aromatic nitrogens is 1. The highest BCUT2D eigenvalue weighted by Gasteiger charge is 2.17. The van der Waals surface area contributed by atoms with Gasteiger partial charge in [0.25, 0.3) is 5.69 Å². The molecule has 0 fully saturated rings. The van der Waals surface area contributed by atoms with Gasteiger partial charge in [-0.1, -0.05) is 29.0 Å². The Labute approximate surface area is 158 Å². The Hall–Kier alpha value is -2.85. The van der Waals surface area contributed by atoms with E-state index in [4.69, 9.17) is 0 Å². The van der Waals surface area contributed by atoms with Crippen molar-refractivity contribution in [3.63, 3.8) is 0 Å². The normalized spacial score (nSPS) is 11.4. The lowest BCUT2D eigenvalue weighted by atomic mass is 10.2. The molecule has 0 unspecified atom stereocenters. The molecule has 27 heavy (non-hydrogen) atoms. The van der Waals surface area contributed by atoms with Crippen molar-refractivity contribution in [2.45, 2.75) is 18.2 Å². The number of carbonyl (C=O) groups excluding carboxylic acids is 1. The minimum absolute atomic E-state index is 0.0618. The summed E-state index contributed by atoms with van der Waals surface area (Å²) in [6.07, 6.45) is -0.216. The topological polar surface area (TPSA) is 119 Å². The number of thiazole rings is 1. The molecular formula is C17H15N3O5S2. The van der Waals surface area contributed by atoms with Gasteiger partial charge in [-0.05, 0) is 25.1 Å². The summed E-state index contributed by atoms with van der Waals surface area (Å²) in [5.74, 6) is -0.808. The lowest BCUT2D eigenvalue weighted by molar-refractivity contribution is -0.384. The molecule has 1 aromatic heterocycles. The molecule has 8 nitrogen and oxygen atoms in total. The van der Waals surface area contributed by atoms with Crippen LogP contribution in [-0.4, -0.2) is 30.0 Å². The Balaban J connectivity index is 1.66. The summed E-state index contributed by atoms with van der Waals surface area (Å²) >= 11 is 1.09. The van der Waals surface area contributed by atoms with Gasteiger partial charge in [0.15, 0.2) is 15.0 Å². The largest absolute Gasteiger partial charge is 0.302 e. The Kier molecular flexibility index (Phi) is 5.19. The van der Waals surface area contributed by atoms with Crippen LogP contribution in [0.1, 0.15) is 12.0 Å². The van der Waals surface area contributed by atoms with Gasteiger partial charge in [0.2, 0.25) is 5.91 Å². The zero-order valence-corrected chi connectivity index (χ0v) is 15.8. The van der Waals surface area contributed by atoms with Crippen LogP contribution >= 0.6 is 11.3 Å². The molecule has 1 amide bonds. The van der Waals surface area contributed by atoms with Crippen LogP contribution in [0.4, 0.5) is 10.8 Å². The number of nitro benzene ring substituents is 1. The molecule has 140 valence electrons. The number of carbonyl (C=O) groups is 1. The van der Waals surface area contributed by atoms with E-state index in [0.717, 1.165) is 16.9 Å². The van der Waals surface area contributed by atoms with Crippen LogP contribution in [0.25, 0.3) is 10.2 Å². The first-order chi connectivity index (χ1) is 12.7. The molecule has 10 heteroatoms. The predicted molar refractivity (Wildman–Crippen MR) is 103 cm³/mol. The number of aryl methyl sites for hydroxylation is 1. The number of hydrogen-bond acceptors (Lipinski definition) is 7. The number of non-ortho nitro benzene ring substituents is 1. The number of sulfone groups is 1. The summed E-state index contributed by atoms with van der Waals surface area (Å²) in [4.78, 5) is 26.7. The van der Waals surface area contributed by atoms with Crippen LogP contribution in [0.5, 0.6) is 0 Å². The zero-order chi connectivity index (χ0) is 19.6. The lowest BCUT2D eigenvalue weighted by Gasteiger charge is -2.05. The quantitative estimate of drug-likeness (QED) is 0.496. The van der Waals surface area contributed by atoms with E-state index < -0.39 is 20.7 Å². The lowest BCUT2D eigenvalue weighted by Crippen LogP contribution is -2.17. The molecular weight excluding hydrogens is 390 g/mol. The molecule has 2 aromatic carbocycles. The highest BCUT2D eigenvalue weighted by atomic mass is 32.2. The molecule has 0 bridgehead atoms. The number of nitrogens with one attached hydrogen (secondary N) is 1. The van der Waals surface area contributed by atoms with Crippen LogP contribution < -0.4 is 5.32 Å². The molecule has 0 radical (unpaired) electrons. The summed E-state index contributed by atoms with van der Waals surface area (Å²) in [7, 11) is -3.56. The summed E-state index contributed by atoms with van der Waals surface area (Å²) in [6.45, 7) is 1.86. The molecule has 0 saturated heterocycles. The minimum atomic E-state index is -3.56. The van der Waals surface area contributed by atoms with E-state index in [1.807, 2.05) is 6.92 Å². The van der Waals surface area contributed by atoms with Crippen molar-refractivity contribution in [3.05, 3.63) is 58.1 Å². The Bertz CT molecular complexity index is 1120. The first-order valence-corrected chi connectivity index (χ1v) is 10.4.